The minimum Gasteiger partial charge on any atom is -0.325 e. The Bertz CT molecular complexity index is 939. The van der Waals surface area contributed by atoms with E-state index in [-0.39, 0.29) is 11.7 Å². The van der Waals surface area contributed by atoms with Gasteiger partial charge >= 0.3 is 0 Å². The van der Waals surface area contributed by atoms with E-state index in [1.54, 1.807) is 11.8 Å². The molecule has 7 heteroatoms. The van der Waals surface area contributed by atoms with Crippen LogP contribution >= 0.6 is 23.5 Å². The van der Waals surface area contributed by atoms with Gasteiger partial charge in [0.05, 0.1) is 11.5 Å². The molecule has 0 radical (unpaired) electrons. The molecule has 1 heterocycles. The number of hydrogen-bond donors (Lipinski definition) is 1. The number of hydrogen-bond acceptors (Lipinski definition) is 5. The Hall–Kier alpha value is -2.51. The summed E-state index contributed by atoms with van der Waals surface area (Å²) in [5.74, 6) is 2.79. The molecule has 0 atom stereocenters. The van der Waals surface area contributed by atoms with Crippen LogP contribution in [0.25, 0.3) is 0 Å². The van der Waals surface area contributed by atoms with Gasteiger partial charge in [-0.1, -0.05) is 65.9 Å². The smallest absolute Gasteiger partial charge is 0.234 e. The number of carbonyl (C=O) groups excluding carboxylic acids is 1. The second-order valence-corrected chi connectivity index (χ2v) is 8.41. The summed E-state index contributed by atoms with van der Waals surface area (Å²) in [6.07, 6.45) is 1.82. The summed E-state index contributed by atoms with van der Waals surface area (Å²) >= 11 is 3.18. The van der Waals surface area contributed by atoms with E-state index in [2.05, 4.69) is 34.2 Å². The summed E-state index contributed by atoms with van der Waals surface area (Å²) in [6.45, 7) is 6.47. The van der Waals surface area contributed by atoms with E-state index < -0.39 is 0 Å². The lowest BCUT2D eigenvalue weighted by atomic mass is 10.2. The van der Waals surface area contributed by atoms with Crippen LogP contribution in [0.15, 0.2) is 72.4 Å². The predicted molar refractivity (Wildman–Crippen MR) is 122 cm³/mol. The molecule has 0 saturated carbocycles. The van der Waals surface area contributed by atoms with Crippen molar-refractivity contribution in [1.29, 1.82) is 0 Å². The van der Waals surface area contributed by atoms with Crippen LogP contribution in [0.4, 0.5) is 5.69 Å². The molecule has 1 amide bonds. The molecule has 0 spiro atoms. The highest BCUT2D eigenvalue weighted by Gasteiger charge is 2.13. The van der Waals surface area contributed by atoms with Gasteiger partial charge < -0.3 is 9.88 Å². The number of thioether (sulfide) groups is 2. The fourth-order valence-corrected chi connectivity index (χ4v) is 4.34. The van der Waals surface area contributed by atoms with Crippen molar-refractivity contribution < 1.29 is 4.79 Å². The van der Waals surface area contributed by atoms with Crippen LogP contribution in [-0.2, 0) is 22.8 Å². The number of allylic oxidation sites excluding steroid dienone is 1. The summed E-state index contributed by atoms with van der Waals surface area (Å²) in [7, 11) is 0. The molecule has 0 saturated heterocycles. The van der Waals surface area contributed by atoms with Gasteiger partial charge in [0.15, 0.2) is 5.16 Å². The van der Waals surface area contributed by atoms with E-state index in [0.29, 0.717) is 6.54 Å². The van der Waals surface area contributed by atoms with Gasteiger partial charge in [-0.3, -0.25) is 4.79 Å². The number of rotatable bonds is 10. The second kappa shape index (κ2) is 10.9. The van der Waals surface area contributed by atoms with E-state index in [1.807, 2.05) is 60.0 Å². The van der Waals surface area contributed by atoms with Crippen LogP contribution in [0.2, 0.25) is 0 Å². The van der Waals surface area contributed by atoms with Crippen LogP contribution in [0.5, 0.6) is 0 Å². The van der Waals surface area contributed by atoms with Gasteiger partial charge in [0.1, 0.15) is 5.82 Å². The summed E-state index contributed by atoms with van der Waals surface area (Å²) < 4.78 is 2.02. The predicted octanol–water partition coefficient (Wildman–Crippen LogP) is 4.94. The highest BCUT2D eigenvalue weighted by Crippen LogP contribution is 2.22. The average Bonchev–Trinajstić information content (AvgIpc) is 3.11. The number of nitrogens with zero attached hydrogens (tertiary/aromatic N) is 3. The molecule has 2 aromatic carbocycles. The van der Waals surface area contributed by atoms with E-state index in [0.717, 1.165) is 33.7 Å². The molecule has 29 heavy (non-hydrogen) atoms. The van der Waals surface area contributed by atoms with Crippen LogP contribution in [-0.4, -0.2) is 26.4 Å². The van der Waals surface area contributed by atoms with E-state index >= 15 is 0 Å². The van der Waals surface area contributed by atoms with Crippen LogP contribution in [0.3, 0.4) is 0 Å². The molecule has 150 valence electrons. The third kappa shape index (κ3) is 6.51. The zero-order valence-electron chi connectivity index (χ0n) is 16.4. The number of benzene rings is 2. The molecule has 0 aliphatic heterocycles. The molecular formula is C22H24N4OS2. The quantitative estimate of drug-likeness (QED) is 0.369. The summed E-state index contributed by atoms with van der Waals surface area (Å²) in [5, 5.41) is 12.3. The number of aromatic nitrogens is 3. The van der Waals surface area contributed by atoms with Crippen molar-refractivity contribution in [3.05, 3.63) is 84.2 Å². The molecule has 5 nitrogen and oxygen atoms in total. The average molecular weight is 425 g/mol. The Kier molecular flexibility index (Phi) is 7.95. The standard InChI is InChI=1S/C22H24N4OS2/c1-3-13-26-20(15-28-14-18-7-5-4-6-8-18)24-25-22(26)29-16-21(27)23-19-11-9-17(2)10-12-19/h3-12H,1,13-16H2,2H3,(H,23,27). The topological polar surface area (TPSA) is 59.8 Å². The normalized spacial score (nSPS) is 10.7. The Balaban J connectivity index is 1.55. The molecular weight excluding hydrogens is 400 g/mol. The minimum atomic E-state index is -0.0630. The maximum absolute atomic E-state index is 12.3. The SMILES string of the molecule is C=CCn1c(CSCc2ccccc2)nnc1SCC(=O)Nc1ccc(C)cc1. The largest absolute Gasteiger partial charge is 0.325 e. The van der Waals surface area contributed by atoms with Crippen molar-refractivity contribution >= 4 is 35.1 Å². The van der Waals surface area contributed by atoms with Gasteiger partial charge in [0.25, 0.3) is 0 Å². The van der Waals surface area contributed by atoms with Gasteiger partial charge in [-0.2, -0.15) is 0 Å². The van der Waals surface area contributed by atoms with Crippen LogP contribution in [0.1, 0.15) is 17.0 Å². The summed E-state index contributed by atoms with van der Waals surface area (Å²) in [5.41, 5.74) is 3.24. The first kappa shape index (κ1) is 21.2. The first-order chi connectivity index (χ1) is 14.2. The maximum atomic E-state index is 12.3. The lowest BCUT2D eigenvalue weighted by Crippen LogP contribution is -2.14. The Labute approximate surface area is 180 Å². The molecule has 0 aliphatic carbocycles. The fourth-order valence-electron chi connectivity index (χ4n) is 2.64. The molecule has 3 rings (SSSR count). The highest BCUT2D eigenvalue weighted by atomic mass is 32.2. The van der Waals surface area contributed by atoms with Crippen LogP contribution < -0.4 is 5.32 Å². The zero-order valence-corrected chi connectivity index (χ0v) is 18.0. The Morgan fingerprint density at radius 2 is 1.86 bits per heavy atom. The number of anilines is 1. The van der Waals surface area contributed by atoms with Crippen molar-refractivity contribution in [3.63, 3.8) is 0 Å². The van der Waals surface area contributed by atoms with Crippen molar-refractivity contribution in [1.82, 2.24) is 14.8 Å². The minimum absolute atomic E-state index is 0.0630. The maximum Gasteiger partial charge on any atom is 0.234 e. The fraction of sp³-hybridized carbons (Fsp3) is 0.227. The number of aryl methyl sites for hydroxylation is 1. The molecule has 1 aromatic heterocycles. The molecule has 3 aromatic rings. The first-order valence-electron chi connectivity index (χ1n) is 9.29. The Morgan fingerprint density at radius 1 is 1.10 bits per heavy atom. The zero-order chi connectivity index (χ0) is 20.5. The Morgan fingerprint density at radius 3 is 2.59 bits per heavy atom. The van der Waals surface area contributed by atoms with E-state index in [4.69, 9.17) is 0 Å². The van der Waals surface area contributed by atoms with E-state index in [9.17, 15) is 4.79 Å². The van der Waals surface area contributed by atoms with Gasteiger partial charge in [0, 0.05) is 18.0 Å². The van der Waals surface area contributed by atoms with Gasteiger partial charge in [-0.05, 0) is 24.6 Å². The first-order valence-corrected chi connectivity index (χ1v) is 11.4. The third-order valence-electron chi connectivity index (χ3n) is 4.12. The van der Waals surface area contributed by atoms with Crippen LogP contribution in [0, 0.1) is 6.92 Å². The van der Waals surface area contributed by atoms with Crippen molar-refractivity contribution in [3.8, 4) is 0 Å². The highest BCUT2D eigenvalue weighted by molar-refractivity contribution is 7.99. The third-order valence-corrected chi connectivity index (χ3v) is 6.08. The van der Waals surface area contributed by atoms with E-state index in [1.165, 1.54) is 17.3 Å². The molecule has 0 aliphatic rings. The molecule has 0 bridgehead atoms. The van der Waals surface area contributed by atoms with Crippen molar-refractivity contribution in [2.75, 3.05) is 11.1 Å². The molecule has 0 fully saturated rings. The molecule has 0 unspecified atom stereocenters. The van der Waals surface area contributed by atoms with Gasteiger partial charge in [0.2, 0.25) is 5.91 Å². The van der Waals surface area contributed by atoms with Crippen molar-refractivity contribution in [2.45, 2.75) is 30.1 Å². The lowest BCUT2D eigenvalue weighted by Gasteiger charge is -2.08. The second-order valence-electron chi connectivity index (χ2n) is 6.48. The lowest BCUT2D eigenvalue weighted by molar-refractivity contribution is -0.113. The molecule has 1 N–H and O–H groups in total. The van der Waals surface area contributed by atoms with Crippen molar-refractivity contribution in [2.24, 2.45) is 0 Å². The number of nitrogens with one attached hydrogen (secondary N) is 1. The summed E-state index contributed by atoms with van der Waals surface area (Å²) in [4.78, 5) is 12.3. The number of amides is 1. The monoisotopic (exact) mass is 424 g/mol. The van der Waals surface area contributed by atoms with Gasteiger partial charge in [-0.15, -0.1) is 28.5 Å². The number of carbonyl (C=O) groups is 1. The summed E-state index contributed by atoms with van der Waals surface area (Å²) in [6, 6.07) is 18.1. The van der Waals surface area contributed by atoms with Gasteiger partial charge in [-0.25, -0.2) is 0 Å².